The number of nitrogens with zero attached hydrogens (tertiary/aromatic N) is 2. The minimum atomic E-state index is -0.305. The van der Waals surface area contributed by atoms with Gasteiger partial charge < -0.3 is 9.64 Å². The summed E-state index contributed by atoms with van der Waals surface area (Å²) in [7, 11) is 0. The number of halogens is 1. The number of hydrogen-bond donors (Lipinski definition) is 0. The molecule has 0 aromatic heterocycles. The maximum atomic E-state index is 13.4. The molecule has 0 aliphatic carbocycles. The average molecular weight is 408 g/mol. The number of rotatable bonds is 5. The van der Waals surface area contributed by atoms with Gasteiger partial charge in [-0.05, 0) is 49.1 Å². The molecule has 5 nitrogen and oxygen atoms in total. The van der Waals surface area contributed by atoms with Gasteiger partial charge in [0.15, 0.2) is 0 Å². The van der Waals surface area contributed by atoms with E-state index in [1.807, 2.05) is 36.9 Å². The van der Waals surface area contributed by atoms with Crippen molar-refractivity contribution in [3.05, 3.63) is 76.2 Å². The predicted octanol–water partition coefficient (Wildman–Crippen LogP) is 3.10. The van der Waals surface area contributed by atoms with Crippen molar-refractivity contribution >= 4 is 17.4 Å². The topological polar surface area (TPSA) is 49.9 Å². The van der Waals surface area contributed by atoms with Gasteiger partial charge in [0.05, 0.1) is 18.8 Å². The van der Waals surface area contributed by atoms with Gasteiger partial charge in [0.25, 0.3) is 11.8 Å². The number of ether oxygens (including phenoxy) is 1. The third-order valence-electron chi connectivity index (χ3n) is 5.66. The lowest BCUT2D eigenvalue weighted by atomic mass is 9.97. The van der Waals surface area contributed by atoms with Gasteiger partial charge in [-0.15, -0.1) is 0 Å². The van der Waals surface area contributed by atoms with Gasteiger partial charge >= 0.3 is 0 Å². The van der Waals surface area contributed by atoms with Gasteiger partial charge in [-0.2, -0.15) is 0 Å². The molecule has 0 bridgehead atoms. The molecule has 30 heavy (non-hydrogen) atoms. The number of carbonyl (C=O) groups is 2. The zero-order valence-corrected chi connectivity index (χ0v) is 17.3. The Labute approximate surface area is 175 Å². The van der Waals surface area contributed by atoms with Crippen molar-refractivity contribution in [2.75, 3.05) is 32.8 Å². The summed E-state index contributed by atoms with van der Waals surface area (Å²) in [6, 6.07) is 12.1. The molecule has 2 aromatic carbocycles. The van der Waals surface area contributed by atoms with Gasteiger partial charge in [-0.1, -0.05) is 35.9 Å². The van der Waals surface area contributed by atoms with Crippen molar-refractivity contribution in [3.8, 4) is 0 Å². The quantitative estimate of drug-likeness (QED) is 0.714. The van der Waals surface area contributed by atoms with Crippen LogP contribution in [0.4, 0.5) is 4.39 Å². The zero-order chi connectivity index (χ0) is 21.3. The molecule has 0 spiro atoms. The average Bonchev–Trinajstić information content (AvgIpc) is 2.98. The summed E-state index contributed by atoms with van der Waals surface area (Å²) in [6.45, 7) is 6.44. The highest BCUT2D eigenvalue weighted by Crippen LogP contribution is 2.34. The number of carbonyl (C=O) groups excluding carboxylic acids is 2. The van der Waals surface area contributed by atoms with E-state index >= 15 is 0 Å². The van der Waals surface area contributed by atoms with E-state index in [0.29, 0.717) is 44.0 Å². The number of benzene rings is 2. The summed E-state index contributed by atoms with van der Waals surface area (Å²) in [6.07, 6.45) is 0.480. The molecule has 4 rings (SSSR count). The summed E-state index contributed by atoms with van der Waals surface area (Å²) in [5.74, 6) is -0.838. The van der Waals surface area contributed by atoms with Crippen LogP contribution in [0, 0.1) is 19.7 Å². The summed E-state index contributed by atoms with van der Waals surface area (Å²) >= 11 is 0. The summed E-state index contributed by atoms with van der Waals surface area (Å²) in [5.41, 5.74) is 4.69. The van der Waals surface area contributed by atoms with E-state index in [1.54, 1.807) is 12.1 Å². The molecule has 2 aliphatic rings. The fourth-order valence-electron chi connectivity index (χ4n) is 4.08. The number of aryl methyl sites for hydroxylation is 2. The molecular weight excluding hydrogens is 383 g/mol. The number of morpholine rings is 1. The van der Waals surface area contributed by atoms with Crippen LogP contribution in [0.2, 0.25) is 0 Å². The molecule has 156 valence electrons. The predicted molar refractivity (Wildman–Crippen MR) is 112 cm³/mol. The maximum absolute atomic E-state index is 13.4. The molecule has 2 aliphatic heterocycles. The third kappa shape index (κ3) is 3.87. The number of hydrogen-bond acceptors (Lipinski definition) is 4. The molecule has 6 heteroatoms. The fourth-order valence-corrected chi connectivity index (χ4v) is 4.08. The van der Waals surface area contributed by atoms with Crippen molar-refractivity contribution in [1.29, 1.82) is 0 Å². The standard InChI is InChI=1S/C24H25FN2O3/c1-16-3-8-20(17(2)15-16)21-22(26-11-13-30-14-12-26)24(29)27(23(21)28)10-9-18-4-6-19(25)7-5-18/h3-8,15H,9-14H2,1-2H3. The first-order valence-electron chi connectivity index (χ1n) is 10.2. The molecule has 0 atom stereocenters. The van der Waals surface area contributed by atoms with Crippen LogP contribution < -0.4 is 0 Å². The van der Waals surface area contributed by atoms with Crippen molar-refractivity contribution in [2.45, 2.75) is 20.3 Å². The summed E-state index contributed by atoms with van der Waals surface area (Å²) < 4.78 is 18.6. The largest absolute Gasteiger partial charge is 0.378 e. The zero-order valence-electron chi connectivity index (χ0n) is 17.3. The van der Waals surface area contributed by atoms with Crippen LogP contribution in [0.15, 0.2) is 48.2 Å². The minimum Gasteiger partial charge on any atom is -0.378 e. The monoisotopic (exact) mass is 408 g/mol. The highest BCUT2D eigenvalue weighted by Gasteiger charge is 2.42. The lowest BCUT2D eigenvalue weighted by Crippen LogP contribution is -2.40. The molecular formula is C24H25FN2O3. The van der Waals surface area contributed by atoms with E-state index in [4.69, 9.17) is 4.74 Å². The first-order valence-corrected chi connectivity index (χ1v) is 10.2. The molecule has 2 aromatic rings. The lowest BCUT2D eigenvalue weighted by Gasteiger charge is -2.29. The van der Waals surface area contributed by atoms with Crippen molar-refractivity contribution in [1.82, 2.24) is 9.80 Å². The van der Waals surface area contributed by atoms with Crippen LogP contribution in [-0.2, 0) is 20.7 Å². The smallest absolute Gasteiger partial charge is 0.277 e. The van der Waals surface area contributed by atoms with Gasteiger partial charge in [-0.3, -0.25) is 14.5 Å². The number of imide groups is 1. The van der Waals surface area contributed by atoms with E-state index in [2.05, 4.69) is 0 Å². The third-order valence-corrected chi connectivity index (χ3v) is 5.66. The fraction of sp³-hybridized carbons (Fsp3) is 0.333. The summed E-state index contributed by atoms with van der Waals surface area (Å²) in [5, 5.41) is 0. The Morgan fingerprint density at radius 3 is 2.33 bits per heavy atom. The van der Waals surface area contributed by atoms with Crippen LogP contribution in [0.1, 0.15) is 22.3 Å². The Bertz CT molecular complexity index is 1010. The highest BCUT2D eigenvalue weighted by molar-refractivity contribution is 6.35. The Kier molecular flexibility index (Phi) is 5.68. The molecule has 2 heterocycles. The van der Waals surface area contributed by atoms with Crippen LogP contribution in [-0.4, -0.2) is 54.5 Å². The van der Waals surface area contributed by atoms with E-state index in [0.717, 1.165) is 22.3 Å². The Morgan fingerprint density at radius 1 is 0.967 bits per heavy atom. The normalized spacial score (nSPS) is 17.3. The van der Waals surface area contributed by atoms with Crippen molar-refractivity contribution < 1.29 is 18.7 Å². The van der Waals surface area contributed by atoms with Crippen molar-refractivity contribution in [2.24, 2.45) is 0 Å². The second kappa shape index (κ2) is 8.40. The Hall–Kier alpha value is -2.99. The molecule has 2 amide bonds. The second-order valence-electron chi connectivity index (χ2n) is 7.78. The SMILES string of the molecule is Cc1ccc(C2=C(N3CCOCC3)C(=O)N(CCc3ccc(F)cc3)C2=O)c(C)c1. The van der Waals surface area contributed by atoms with Crippen LogP contribution in [0.3, 0.4) is 0 Å². The van der Waals surface area contributed by atoms with Crippen LogP contribution in [0.5, 0.6) is 0 Å². The van der Waals surface area contributed by atoms with Crippen LogP contribution in [0.25, 0.3) is 5.57 Å². The van der Waals surface area contributed by atoms with E-state index < -0.39 is 0 Å². The minimum absolute atomic E-state index is 0.256. The highest BCUT2D eigenvalue weighted by atomic mass is 19.1. The molecule has 0 N–H and O–H groups in total. The Morgan fingerprint density at radius 2 is 1.67 bits per heavy atom. The van der Waals surface area contributed by atoms with Gasteiger partial charge in [-0.25, -0.2) is 4.39 Å². The Balaban J connectivity index is 1.67. The first-order chi connectivity index (χ1) is 14.5. The lowest BCUT2D eigenvalue weighted by molar-refractivity contribution is -0.137. The van der Waals surface area contributed by atoms with Crippen LogP contribution >= 0.6 is 0 Å². The van der Waals surface area contributed by atoms with E-state index in [1.165, 1.54) is 17.0 Å². The maximum Gasteiger partial charge on any atom is 0.277 e. The van der Waals surface area contributed by atoms with E-state index in [-0.39, 0.29) is 24.2 Å². The first kappa shape index (κ1) is 20.3. The van der Waals surface area contributed by atoms with Crippen molar-refractivity contribution in [3.63, 3.8) is 0 Å². The molecule has 1 fully saturated rings. The molecule has 0 saturated carbocycles. The van der Waals surface area contributed by atoms with Gasteiger partial charge in [0.2, 0.25) is 0 Å². The summed E-state index contributed by atoms with van der Waals surface area (Å²) in [4.78, 5) is 30.1. The second-order valence-corrected chi connectivity index (χ2v) is 7.78. The number of amides is 2. The van der Waals surface area contributed by atoms with E-state index in [9.17, 15) is 14.0 Å². The molecule has 0 radical (unpaired) electrons. The molecule has 1 saturated heterocycles. The van der Waals surface area contributed by atoms with Gasteiger partial charge in [0, 0.05) is 19.6 Å². The van der Waals surface area contributed by atoms with Gasteiger partial charge in [0.1, 0.15) is 11.5 Å². The molecule has 0 unspecified atom stereocenters.